The third-order valence-corrected chi connectivity index (χ3v) is 4.33. The van der Waals surface area contributed by atoms with Gasteiger partial charge in [-0.25, -0.2) is 4.68 Å². The molecule has 28 heavy (non-hydrogen) atoms. The van der Waals surface area contributed by atoms with Crippen LogP contribution in [0.15, 0.2) is 36.4 Å². The van der Waals surface area contributed by atoms with Gasteiger partial charge < -0.3 is 10.1 Å². The molecule has 6 nitrogen and oxygen atoms in total. The number of amides is 1. The minimum absolute atomic E-state index is 0.0415. The smallest absolute Gasteiger partial charge is 0.387 e. The van der Waals surface area contributed by atoms with Crippen molar-refractivity contribution in [1.82, 2.24) is 15.0 Å². The zero-order chi connectivity index (χ0) is 20.4. The Bertz CT molecular complexity index is 991. The van der Waals surface area contributed by atoms with E-state index in [-0.39, 0.29) is 17.4 Å². The first-order valence-corrected chi connectivity index (χ1v) is 8.63. The fourth-order valence-corrected chi connectivity index (χ4v) is 3.10. The molecular weight excluding hydrogens is 366 g/mol. The van der Waals surface area contributed by atoms with Gasteiger partial charge in [0.05, 0.1) is 11.4 Å². The maximum atomic E-state index is 12.7. The second-order valence-corrected chi connectivity index (χ2v) is 6.54. The van der Waals surface area contributed by atoms with Gasteiger partial charge in [0.15, 0.2) is 5.69 Å². The molecule has 0 aliphatic heterocycles. The van der Waals surface area contributed by atoms with E-state index in [0.717, 1.165) is 22.4 Å². The lowest BCUT2D eigenvalue weighted by Gasteiger charge is -2.12. The van der Waals surface area contributed by atoms with Gasteiger partial charge >= 0.3 is 6.61 Å². The number of halogens is 2. The first kappa shape index (κ1) is 19.5. The van der Waals surface area contributed by atoms with Gasteiger partial charge in [0, 0.05) is 5.69 Å². The molecule has 2 aromatic carbocycles. The van der Waals surface area contributed by atoms with E-state index in [0.29, 0.717) is 11.4 Å². The molecule has 1 N–H and O–H groups in total. The van der Waals surface area contributed by atoms with Gasteiger partial charge in [0.25, 0.3) is 5.91 Å². The first-order valence-electron chi connectivity index (χ1n) is 8.63. The molecule has 1 aromatic heterocycles. The fraction of sp³-hybridized carbons (Fsp3) is 0.250. The summed E-state index contributed by atoms with van der Waals surface area (Å²) in [6.07, 6.45) is 0. The summed E-state index contributed by atoms with van der Waals surface area (Å²) < 4.78 is 30.3. The Morgan fingerprint density at radius 3 is 2.25 bits per heavy atom. The number of nitrogens with zero attached hydrogens (tertiary/aromatic N) is 3. The number of ether oxygens (including phenoxy) is 1. The molecule has 0 bridgehead atoms. The lowest BCUT2D eigenvalue weighted by atomic mass is 10.0. The summed E-state index contributed by atoms with van der Waals surface area (Å²) in [5, 5.41) is 10.9. The molecule has 0 aliphatic carbocycles. The van der Waals surface area contributed by atoms with Crippen LogP contribution in [0.4, 0.5) is 14.5 Å². The predicted molar refractivity (Wildman–Crippen MR) is 101 cm³/mol. The first-order chi connectivity index (χ1) is 13.3. The molecule has 0 aliphatic rings. The van der Waals surface area contributed by atoms with E-state index in [1.807, 2.05) is 32.9 Å². The molecule has 3 aromatic rings. The van der Waals surface area contributed by atoms with Crippen molar-refractivity contribution >= 4 is 11.6 Å². The Kier molecular flexibility index (Phi) is 5.39. The van der Waals surface area contributed by atoms with Crippen molar-refractivity contribution in [2.75, 3.05) is 5.32 Å². The summed E-state index contributed by atoms with van der Waals surface area (Å²) in [6.45, 7) is 4.69. The zero-order valence-corrected chi connectivity index (χ0v) is 16.0. The number of carbonyl (C=O) groups excluding carboxylic acids is 1. The highest BCUT2D eigenvalue weighted by molar-refractivity contribution is 6.04. The van der Waals surface area contributed by atoms with Gasteiger partial charge in [-0.3, -0.25) is 4.79 Å². The quantitative estimate of drug-likeness (QED) is 0.708. The summed E-state index contributed by atoms with van der Waals surface area (Å²) >= 11 is 0. The van der Waals surface area contributed by atoms with Crippen LogP contribution in [0, 0.1) is 27.7 Å². The van der Waals surface area contributed by atoms with Crippen LogP contribution in [0.3, 0.4) is 0 Å². The number of carbonyl (C=O) groups is 1. The standard InChI is InChI=1S/C20H20F2N4O2/c1-11-9-12(2)17(13(3)10-11)23-19(27)18-14(4)26(25-24-18)15-5-7-16(8-6-15)28-20(21)22/h5-10,20H,1-4H3,(H,23,27). The predicted octanol–water partition coefficient (Wildman–Crippen LogP) is 4.35. The molecule has 0 radical (unpaired) electrons. The molecule has 1 amide bonds. The van der Waals surface area contributed by atoms with Crippen molar-refractivity contribution in [1.29, 1.82) is 0 Å². The van der Waals surface area contributed by atoms with E-state index in [1.165, 1.54) is 16.8 Å². The van der Waals surface area contributed by atoms with Crippen LogP contribution in [0.5, 0.6) is 5.75 Å². The largest absolute Gasteiger partial charge is 0.435 e. The number of hydrogen-bond acceptors (Lipinski definition) is 4. The molecule has 146 valence electrons. The third-order valence-electron chi connectivity index (χ3n) is 4.33. The molecule has 3 rings (SSSR count). The van der Waals surface area contributed by atoms with Crippen LogP contribution in [0.2, 0.25) is 0 Å². The van der Waals surface area contributed by atoms with E-state index in [1.54, 1.807) is 19.1 Å². The average molecular weight is 386 g/mol. The SMILES string of the molecule is Cc1cc(C)c(NC(=O)c2nnn(-c3ccc(OC(F)F)cc3)c2C)c(C)c1. The minimum atomic E-state index is -2.89. The lowest BCUT2D eigenvalue weighted by molar-refractivity contribution is -0.0498. The van der Waals surface area contributed by atoms with Crippen LogP contribution in [0.1, 0.15) is 32.9 Å². The van der Waals surface area contributed by atoms with Crippen LogP contribution in [0.25, 0.3) is 5.69 Å². The highest BCUT2D eigenvalue weighted by atomic mass is 19.3. The van der Waals surface area contributed by atoms with Crippen LogP contribution >= 0.6 is 0 Å². The van der Waals surface area contributed by atoms with Gasteiger partial charge in [-0.05, 0) is 63.1 Å². The third kappa shape index (κ3) is 4.00. The molecule has 8 heteroatoms. The Morgan fingerprint density at radius 1 is 1.07 bits per heavy atom. The van der Waals surface area contributed by atoms with Crippen molar-refractivity contribution in [3.63, 3.8) is 0 Å². The average Bonchev–Trinajstić information content (AvgIpc) is 2.99. The topological polar surface area (TPSA) is 69.0 Å². The van der Waals surface area contributed by atoms with E-state index in [9.17, 15) is 13.6 Å². The van der Waals surface area contributed by atoms with Gasteiger partial charge in [-0.2, -0.15) is 8.78 Å². The number of nitrogens with one attached hydrogen (secondary N) is 1. The van der Waals surface area contributed by atoms with Crippen molar-refractivity contribution in [3.8, 4) is 11.4 Å². The monoisotopic (exact) mass is 386 g/mol. The van der Waals surface area contributed by atoms with E-state index < -0.39 is 6.61 Å². The van der Waals surface area contributed by atoms with Crippen molar-refractivity contribution in [2.45, 2.75) is 34.3 Å². The van der Waals surface area contributed by atoms with Crippen LogP contribution in [-0.4, -0.2) is 27.5 Å². The number of anilines is 1. The molecular formula is C20H20F2N4O2. The molecule has 0 unspecified atom stereocenters. The second kappa shape index (κ2) is 7.75. The molecule has 0 fully saturated rings. The van der Waals surface area contributed by atoms with Gasteiger partial charge in [-0.1, -0.05) is 22.9 Å². The second-order valence-electron chi connectivity index (χ2n) is 6.54. The Hall–Kier alpha value is -3.29. The number of alkyl halides is 2. The van der Waals surface area contributed by atoms with E-state index >= 15 is 0 Å². The fourth-order valence-electron chi connectivity index (χ4n) is 3.10. The van der Waals surface area contributed by atoms with E-state index in [4.69, 9.17) is 0 Å². The summed E-state index contributed by atoms with van der Waals surface area (Å²) in [5.41, 5.74) is 5.09. The summed E-state index contributed by atoms with van der Waals surface area (Å²) in [4.78, 5) is 12.7. The number of hydrogen-bond donors (Lipinski definition) is 1. The normalized spacial score (nSPS) is 11.0. The summed E-state index contributed by atoms with van der Waals surface area (Å²) in [7, 11) is 0. The molecule has 1 heterocycles. The zero-order valence-electron chi connectivity index (χ0n) is 16.0. The van der Waals surface area contributed by atoms with Gasteiger partial charge in [-0.15, -0.1) is 5.10 Å². The van der Waals surface area contributed by atoms with Gasteiger partial charge in [0.2, 0.25) is 0 Å². The highest BCUT2D eigenvalue weighted by Crippen LogP contribution is 2.23. The summed E-state index contributed by atoms with van der Waals surface area (Å²) in [5.74, 6) is -0.323. The van der Waals surface area contributed by atoms with Gasteiger partial charge in [0.1, 0.15) is 5.75 Å². The lowest BCUT2D eigenvalue weighted by Crippen LogP contribution is -2.16. The number of benzene rings is 2. The summed E-state index contributed by atoms with van der Waals surface area (Å²) in [6, 6.07) is 9.93. The van der Waals surface area contributed by atoms with E-state index in [2.05, 4.69) is 20.4 Å². The number of rotatable bonds is 5. The number of aryl methyl sites for hydroxylation is 3. The van der Waals surface area contributed by atoms with Crippen LogP contribution < -0.4 is 10.1 Å². The molecule has 0 saturated carbocycles. The highest BCUT2D eigenvalue weighted by Gasteiger charge is 2.19. The van der Waals surface area contributed by atoms with Crippen molar-refractivity contribution < 1.29 is 18.3 Å². The number of aromatic nitrogens is 3. The van der Waals surface area contributed by atoms with Crippen molar-refractivity contribution in [2.24, 2.45) is 0 Å². The minimum Gasteiger partial charge on any atom is -0.435 e. The molecule has 0 saturated heterocycles. The molecule has 0 spiro atoms. The van der Waals surface area contributed by atoms with Crippen LogP contribution in [-0.2, 0) is 0 Å². The van der Waals surface area contributed by atoms with Crippen molar-refractivity contribution in [3.05, 3.63) is 64.5 Å². The Morgan fingerprint density at radius 2 is 1.68 bits per heavy atom. The molecule has 0 atom stereocenters. The maximum absolute atomic E-state index is 12.7. The Balaban J connectivity index is 1.84. The maximum Gasteiger partial charge on any atom is 0.387 e. The Labute approximate surface area is 161 Å².